The number of nitrogens with one attached hydrogen (secondary N) is 2. The molecule has 3 aromatic rings. The van der Waals surface area contributed by atoms with E-state index in [1.54, 1.807) is 6.07 Å². The zero-order chi connectivity index (χ0) is 19.4. The number of nitrogens with zero attached hydrogens (tertiary/aromatic N) is 2. The van der Waals surface area contributed by atoms with E-state index in [0.29, 0.717) is 5.69 Å². The molecule has 0 saturated heterocycles. The van der Waals surface area contributed by atoms with Crippen LogP contribution in [0.15, 0.2) is 59.7 Å². The molecule has 2 N–H and O–H groups in total. The first-order valence-electron chi connectivity index (χ1n) is 7.96. The Morgan fingerprint density at radius 1 is 1.15 bits per heavy atom. The minimum Gasteiger partial charge on any atom is -0.272 e. The number of alkyl halides is 3. The smallest absolute Gasteiger partial charge is 0.272 e. The van der Waals surface area contributed by atoms with E-state index in [4.69, 9.17) is 0 Å². The van der Waals surface area contributed by atoms with Gasteiger partial charge >= 0.3 is 6.18 Å². The monoisotopic (exact) mass is 372 g/mol. The van der Waals surface area contributed by atoms with Gasteiger partial charge < -0.3 is 0 Å². The Balaban J connectivity index is 1.70. The van der Waals surface area contributed by atoms with Crippen molar-refractivity contribution < 1.29 is 18.0 Å². The van der Waals surface area contributed by atoms with Gasteiger partial charge in [0.25, 0.3) is 5.91 Å². The number of benzene rings is 2. The van der Waals surface area contributed by atoms with Gasteiger partial charge in [-0.3, -0.25) is 9.89 Å². The second-order valence-corrected chi connectivity index (χ2v) is 5.82. The third-order valence-corrected chi connectivity index (χ3v) is 3.81. The Bertz CT molecular complexity index is 975. The SMILES string of the molecule is Cc1ccc(-c2cc(C(=O)NN=Cc3ccccc3C(F)(F)F)[nH]n2)cc1. The van der Waals surface area contributed by atoms with E-state index in [1.807, 2.05) is 31.2 Å². The highest BCUT2D eigenvalue weighted by atomic mass is 19.4. The summed E-state index contributed by atoms with van der Waals surface area (Å²) in [5.41, 5.74) is 3.87. The summed E-state index contributed by atoms with van der Waals surface area (Å²) in [5, 5.41) is 10.3. The number of rotatable bonds is 4. The first-order chi connectivity index (χ1) is 12.8. The number of carbonyl (C=O) groups excluding carboxylic acids is 1. The summed E-state index contributed by atoms with van der Waals surface area (Å²) in [6, 6.07) is 14.1. The van der Waals surface area contributed by atoms with Crippen molar-refractivity contribution in [3.05, 3.63) is 77.0 Å². The highest BCUT2D eigenvalue weighted by Crippen LogP contribution is 2.31. The minimum absolute atomic E-state index is 0.143. The molecule has 0 saturated carbocycles. The number of amides is 1. The van der Waals surface area contributed by atoms with E-state index < -0.39 is 17.6 Å². The summed E-state index contributed by atoms with van der Waals surface area (Å²) >= 11 is 0. The van der Waals surface area contributed by atoms with Crippen molar-refractivity contribution in [3.8, 4) is 11.3 Å². The van der Waals surface area contributed by atoms with Crippen molar-refractivity contribution >= 4 is 12.1 Å². The van der Waals surface area contributed by atoms with Crippen molar-refractivity contribution in [1.29, 1.82) is 0 Å². The third kappa shape index (κ3) is 4.41. The summed E-state index contributed by atoms with van der Waals surface area (Å²) in [4.78, 5) is 12.1. The fourth-order valence-corrected chi connectivity index (χ4v) is 2.40. The van der Waals surface area contributed by atoms with Crippen LogP contribution in [0.5, 0.6) is 0 Å². The Hall–Kier alpha value is -3.42. The summed E-state index contributed by atoms with van der Waals surface area (Å²) < 4.78 is 38.8. The molecule has 0 unspecified atom stereocenters. The molecule has 0 atom stereocenters. The lowest BCUT2D eigenvalue weighted by molar-refractivity contribution is -0.137. The Morgan fingerprint density at radius 3 is 2.56 bits per heavy atom. The van der Waals surface area contributed by atoms with Gasteiger partial charge in [-0.1, -0.05) is 48.0 Å². The van der Waals surface area contributed by atoms with Gasteiger partial charge in [0, 0.05) is 11.1 Å². The molecule has 27 heavy (non-hydrogen) atoms. The van der Waals surface area contributed by atoms with Crippen LogP contribution in [-0.4, -0.2) is 22.3 Å². The Morgan fingerprint density at radius 2 is 1.85 bits per heavy atom. The maximum absolute atomic E-state index is 12.9. The molecule has 3 rings (SSSR count). The molecule has 1 aromatic heterocycles. The molecule has 0 bridgehead atoms. The van der Waals surface area contributed by atoms with Crippen molar-refractivity contribution in [1.82, 2.24) is 15.6 Å². The molecule has 0 radical (unpaired) electrons. The zero-order valence-electron chi connectivity index (χ0n) is 14.2. The summed E-state index contributed by atoms with van der Waals surface area (Å²) in [6.45, 7) is 1.96. The van der Waals surface area contributed by atoms with E-state index in [9.17, 15) is 18.0 Å². The molecule has 138 valence electrons. The van der Waals surface area contributed by atoms with Crippen LogP contribution in [0, 0.1) is 6.92 Å². The fraction of sp³-hybridized carbons (Fsp3) is 0.105. The summed E-state index contributed by atoms with van der Waals surface area (Å²) in [7, 11) is 0. The molecule has 0 spiro atoms. The summed E-state index contributed by atoms with van der Waals surface area (Å²) in [6.07, 6.45) is -3.54. The number of aromatic amines is 1. The van der Waals surface area contributed by atoms with Gasteiger partial charge in [0.05, 0.1) is 17.5 Å². The number of hydrogen-bond acceptors (Lipinski definition) is 3. The molecule has 0 aliphatic heterocycles. The van der Waals surface area contributed by atoms with Crippen molar-refractivity contribution in [3.63, 3.8) is 0 Å². The van der Waals surface area contributed by atoms with E-state index >= 15 is 0 Å². The normalized spacial score (nSPS) is 11.7. The van der Waals surface area contributed by atoms with Gasteiger partial charge in [0.1, 0.15) is 5.69 Å². The van der Waals surface area contributed by atoms with E-state index in [0.717, 1.165) is 23.4 Å². The zero-order valence-corrected chi connectivity index (χ0v) is 14.2. The number of carbonyl (C=O) groups is 1. The number of H-pyrrole nitrogens is 1. The van der Waals surface area contributed by atoms with Crippen LogP contribution < -0.4 is 5.43 Å². The fourth-order valence-electron chi connectivity index (χ4n) is 2.40. The first kappa shape index (κ1) is 18.4. The van der Waals surface area contributed by atoms with Crippen molar-refractivity contribution in [2.24, 2.45) is 5.10 Å². The van der Waals surface area contributed by atoms with Gasteiger partial charge in [-0.05, 0) is 19.1 Å². The minimum atomic E-state index is -4.50. The molecule has 1 heterocycles. The molecule has 0 aliphatic carbocycles. The lowest BCUT2D eigenvalue weighted by Gasteiger charge is -2.09. The van der Waals surface area contributed by atoms with Crippen LogP contribution >= 0.6 is 0 Å². The summed E-state index contributed by atoms with van der Waals surface area (Å²) in [5.74, 6) is -0.610. The predicted octanol–water partition coefficient (Wildman–Crippen LogP) is 4.17. The van der Waals surface area contributed by atoms with Gasteiger partial charge in [-0.15, -0.1) is 0 Å². The van der Waals surface area contributed by atoms with Crippen LogP contribution in [-0.2, 0) is 6.18 Å². The number of hydrazone groups is 1. The van der Waals surface area contributed by atoms with Crippen molar-refractivity contribution in [2.75, 3.05) is 0 Å². The number of aryl methyl sites for hydroxylation is 1. The average Bonchev–Trinajstić information content (AvgIpc) is 3.12. The maximum Gasteiger partial charge on any atom is 0.417 e. The molecule has 1 amide bonds. The van der Waals surface area contributed by atoms with E-state index in [1.165, 1.54) is 18.2 Å². The van der Waals surface area contributed by atoms with Crippen LogP contribution in [0.2, 0.25) is 0 Å². The van der Waals surface area contributed by atoms with Crippen molar-refractivity contribution in [2.45, 2.75) is 13.1 Å². The lowest BCUT2D eigenvalue weighted by atomic mass is 10.1. The second-order valence-electron chi connectivity index (χ2n) is 5.82. The topological polar surface area (TPSA) is 70.1 Å². The number of hydrogen-bond donors (Lipinski definition) is 2. The number of aromatic nitrogens is 2. The van der Waals surface area contributed by atoms with Gasteiger partial charge in [-0.2, -0.15) is 23.4 Å². The molecular formula is C19H15F3N4O. The van der Waals surface area contributed by atoms with Crippen LogP contribution in [0.4, 0.5) is 13.2 Å². The highest BCUT2D eigenvalue weighted by Gasteiger charge is 2.32. The predicted molar refractivity (Wildman–Crippen MR) is 95.3 cm³/mol. The molecular weight excluding hydrogens is 357 g/mol. The standard InChI is InChI=1S/C19H15F3N4O/c1-12-6-8-13(9-7-12)16-10-17(25-24-16)18(27)26-23-11-14-4-2-3-5-15(14)19(20,21)22/h2-11H,1H3,(H,24,25)(H,26,27). The highest BCUT2D eigenvalue weighted by molar-refractivity contribution is 5.94. The maximum atomic E-state index is 12.9. The van der Waals surface area contributed by atoms with Crippen LogP contribution in [0.3, 0.4) is 0 Å². The first-order valence-corrected chi connectivity index (χ1v) is 7.96. The Labute approximate surface area is 152 Å². The lowest BCUT2D eigenvalue weighted by Crippen LogP contribution is -2.18. The Kier molecular flexibility index (Phi) is 5.07. The van der Waals surface area contributed by atoms with Crippen LogP contribution in [0.25, 0.3) is 11.3 Å². The molecule has 0 aliphatic rings. The molecule has 2 aromatic carbocycles. The second kappa shape index (κ2) is 7.45. The van der Waals surface area contributed by atoms with Crippen LogP contribution in [0.1, 0.15) is 27.2 Å². The average molecular weight is 372 g/mol. The molecule has 8 heteroatoms. The molecule has 0 fully saturated rings. The van der Waals surface area contributed by atoms with Gasteiger partial charge in [0.15, 0.2) is 0 Å². The van der Waals surface area contributed by atoms with E-state index in [2.05, 4.69) is 20.7 Å². The van der Waals surface area contributed by atoms with Gasteiger partial charge in [-0.25, -0.2) is 5.43 Å². The molecule has 5 nitrogen and oxygen atoms in total. The van der Waals surface area contributed by atoms with Gasteiger partial charge in [0.2, 0.25) is 0 Å². The van der Waals surface area contributed by atoms with E-state index in [-0.39, 0.29) is 11.3 Å². The third-order valence-electron chi connectivity index (χ3n) is 3.81. The quantitative estimate of drug-likeness (QED) is 0.533. The largest absolute Gasteiger partial charge is 0.417 e. The number of halogens is 3.